The number of anilines is 1. The van der Waals surface area contributed by atoms with Gasteiger partial charge in [-0.25, -0.2) is 8.42 Å². The Morgan fingerprint density at radius 3 is 2.15 bits per heavy atom. The van der Waals surface area contributed by atoms with Crippen molar-refractivity contribution < 1.29 is 23.1 Å². The summed E-state index contributed by atoms with van der Waals surface area (Å²) in [7, 11) is -3.44. The standard InChI is InChI=1S/C20H23NO5S/c1-5-13-6-7-14(12-17(13)27(4,25)26)18(22)21-16-10-8-15(9-11-16)20(2,3)19(23)24/h6-12H,5H2,1-4H3,(H,21,22)(H,23,24). The first-order valence-electron chi connectivity index (χ1n) is 8.45. The molecular weight excluding hydrogens is 366 g/mol. The van der Waals surface area contributed by atoms with E-state index in [9.17, 15) is 23.1 Å². The first-order valence-corrected chi connectivity index (χ1v) is 10.3. The molecule has 0 fully saturated rings. The summed E-state index contributed by atoms with van der Waals surface area (Å²) in [6.07, 6.45) is 1.66. The molecule has 0 radical (unpaired) electrons. The maximum atomic E-state index is 12.5. The smallest absolute Gasteiger partial charge is 0.313 e. The Balaban J connectivity index is 2.27. The third-order valence-electron chi connectivity index (χ3n) is 4.51. The van der Waals surface area contributed by atoms with E-state index in [-0.39, 0.29) is 10.5 Å². The van der Waals surface area contributed by atoms with E-state index in [0.29, 0.717) is 23.2 Å². The molecule has 0 spiro atoms. The fourth-order valence-electron chi connectivity index (χ4n) is 2.63. The number of amides is 1. The van der Waals surface area contributed by atoms with E-state index in [1.807, 2.05) is 6.92 Å². The van der Waals surface area contributed by atoms with E-state index in [0.717, 1.165) is 6.26 Å². The Labute approximate surface area is 159 Å². The first kappa shape index (κ1) is 20.6. The summed E-state index contributed by atoms with van der Waals surface area (Å²) < 4.78 is 23.9. The summed E-state index contributed by atoms with van der Waals surface area (Å²) in [6, 6.07) is 11.1. The molecule has 0 aliphatic heterocycles. The second-order valence-electron chi connectivity index (χ2n) is 6.91. The molecule has 0 aliphatic rings. The SMILES string of the molecule is CCc1ccc(C(=O)Nc2ccc(C(C)(C)C(=O)O)cc2)cc1S(C)(=O)=O. The Hall–Kier alpha value is -2.67. The lowest BCUT2D eigenvalue weighted by Gasteiger charge is -2.20. The lowest BCUT2D eigenvalue weighted by molar-refractivity contribution is -0.142. The van der Waals surface area contributed by atoms with Gasteiger partial charge in [0.2, 0.25) is 0 Å². The number of carboxylic acid groups (broad SMARTS) is 1. The number of sulfone groups is 1. The molecule has 2 N–H and O–H groups in total. The Kier molecular flexibility index (Phi) is 5.75. The molecule has 144 valence electrons. The zero-order chi connectivity index (χ0) is 20.4. The highest BCUT2D eigenvalue weighted by Gasteiger charge is 2.29. The van der Waals surface area contributed by atoms with E-state index in [1.165, 1.54) is 6.07 Å². The fraction of sp³-hybridized carbons (Fsp3) is 0.300. The van der Waals surface area contributed by atoms with Crippen LogP contribution in [-0.4, -0.2) is 31.7 Å². The van der Waals surface area contributed by atoms with Crippen LogP contribution in [0, 0.1) is 0 Å². The van der Waals surface area contributed by atoms with Crippen LogP contribution in [0.4, 0.5) is 5.69 Å². The molecule has 0 atom stereocenters. The second kappa shape index (κ2) is 7.52. The molecule has 0 aromatic heterocycles. The van der Waals surface area contributed by atoms with E-state index in [2.05, 4.69) is 5.32 Å². The van der Waals surface area contributed by atoms with Crippen LogP contribution in [0.1, 0.15) is 42.3 Å². The highest BCUT2D eigenvalue weighted by Crippen LogP contribution is 2.25. The molecular formula is C20H23NO5S. The molecule has 0 heterocycles. The average molecular weight is 389 g/mol. The van der Waals surface area contributed by atoms with Gasteiger partial charge in [0.25, 0.3) is 5.91 Å². The van der Waals surface area contributed by atoms with Crippen LogP contribution in [0.5, 0.6) is 0 Å². The lowest BCUT2D eigenvalue weighted by atomic mass is 9.85. The predicted molar refractivity (Wildman–Crippen MR) is 104 cm³/mol. The molecule has 0 bridgehead atoms. The van der Waals surface area contributed by atoms with Gasteiger partial charge in [-0.3, -0.25) is 9.59 Å². The van der Waals surface area contributed by atoms with Gasteiger partial charge in [0.15, 0.2) is 9.84 Å². The van der Waals surface area contributed by atoms with Crippen molar-refractivity contribution in [3.63, 3.8) is 0 Å². The number of carboxylic acids is 1. The van der Waals surface area contributed by atoms with Gasteiger partial charge in [-0.2, -0.15) is 0 Å². The molecule has 2 aromatic carbocycles. The van der Waals surface area contributed by atoms with Gasteiger partial charge in [0.05, 0.1) is 10.3 Å². The lowest BCUT2D eigenvalue weighted by Crippen LogP contribution is -2.28. The van der Waals surface area contributed by atoms with Crippen molar-refractivity contribution in [2.75, 3.05) is 11.6 Å². The number of rotatable bonds is 6. The van der Waals surface area contributed by atoms with Gasteiger partial charge in [-0.05, 0) is 55.7 Å². The quantitative estimate of drug-likeness (QED) is 0.790. The van der Waals surface area contributed by atoms with Crippen LogP contribution in [-0.2, 0) is 26.5 Å². The van der Waals surface area contributed by atoms with Crippen LogP contribution < -0.4 is 5.32 Å². The minimum absolute atomic E-state index is 0.149. The number of hydrogen-bond acceptors (Lipinski definition) is 4. The topological polar surface area (TPSA) is 101 Å². The van der Waals surface area contributed by atoms with Crippen molar-refractivity contribution in [3.8, 4) is 0 Å². The number of aryl methyl sites for hydroxylation is 1. The van der Waals surface area contributed by atoms with Gasteiger partial charge >= 0.3 is 5.97 Å². The third kappa shape index (κ3) is 4.54. The molecule has 1 amide bonds. The van der Waals surface area contributed by atoms with E-state index < -0.39 is 27.1 Å². The summed E-state index contributed by atoms with van der Waals surface area (Å²) in [5, 5.41) is 12.0. The molecule has 2 aromatic rings. The molecule has 2 rings (SSSR count). The van der Waals surface area contributed by atoms with Crippen molar-refractivity contribution in [1.82, 2.24) is 0 Å². The largest absolute Gasteiger partial charge is 0.481 e. The van der Waals surface area contributed by atoms with Gasteiger partial charge in [0.1, 0.15) is 0 Å². The maximum absolute atomic E-state index is 12.5. The van der Waals surface area contributed by atoms with Gasteiger partial charge < -0.3 is 10.4 Å². The zero-order valence-electron chi connectivity index (χ0n) is 15.7. The number of benzene rings is 2. The summed E-state index contributed by atoms with van der Waals surface area (Å²) in [5.41, 5.74) is 0.963. The van der Waals surface area contributed by atoms with Crippen LogP contribution in [0.15, 0.2) is 47.4 Å². The summed E-state index contributed by atoms with van der Waals surface area (Å²) in [6.45, 7) is 5.06. The van der Waals surface area contributed by atoms with E-state index in [4.69, 9.17) is 0 Å². The average Bonchev–Trinajstić information content (AvgIpc) is 2.60. The second-order valence-corrected chi connectivity index (χ2v) is 8.89. The number of nitrogens with one attached hydrogen (secondary N) is 1. The van der Waals surface area contributed by atoms with Crippen LogP contribution in [0.2, 0.25) is 0 Å². The van der Waals surface area contributed by atoms with Gasteiger partial charge in [0, 0.05) is 17.5 Å². The summed E-state index contributed by atoms with van der Waals surface area (Å²) >= 11 is 0. The van der Waals surface area contributed by atoms with Crippen LogP contribution >= 0.6 is 0 Å². The van der Waals surface area contributed by atoms with Crippen molar-refractivity contribution in [2.24, 2.45) is 0 Å². The Bertz CT molecular complexity index is 976. The summed E-state index contributed by atoms with van der Waals surface area (Å²) in [4.78, 5) is 23.9. The number of hydrogen-bond donors (Lipinski definition) is 2. The van der Waals surface area contributed by atoms with Crippen molar-refractivity contribution in [1.29, 1.82) is 0 Å². The Morgan fingerprint density at radius 2 is 1.67 bits per heavy atom. The third-order valence-corrected chi connectivity index (χ3v) is 5.69. The molecule has 0 saturated carbocycles. The molecule has 0 saturated heterocycles. The number of carbonyl (C=O) groups excluding carboxylic acids is 1. The Morgan fingerprint density at radius 1 is 1.07 bits per heavy atom. The fourth-order valence-corrected chi connectivity index (χ4v) is 3.66. The molecule has 6 nitrogen and oxygen atoms in total. The van der Waals surface area contributed by atoms with Crippen LogP contribution in [0.3, 0.4) is 0 Å². The molecule has 0 aliphatic carbocycles. The van der Waals surface area contributed by atoms with Gasteiger partial charge in [-0.1, -0.05) is 25.1 Å². The first-order chi connectivity index (χ1) is 12.5. The highest BCUT2D eigenvalue weighted by atomic mass is 32.2. The molecule has 27 heavy (non-hydrogen) atoms. The predicted octanol–water partition coefficient (Wildman–Crippen LogP) is 3.27. The molecule has 7 heteroatoms. The highest BCUT2D eigenvalue weighted by molar-refractivity contribution is 7.90. The van der Waals surface area contributed by atoms with E-state index >= 15 is 0 Å². The van der Waals surface area contributed by atoms with Crippen molar-refractivity contribution in [3.05, 3.63) is 59.2 Å². The maximum Gasteiger partial charge on any atom is 0.313 e. The zero-order valence-corrected chi connectivity index (χ0v) is 16.6. The normalized spacial score (nSPS) is 11.9. The minimum atomic E-state index is -3.44. The molecule has 0 unspecified atom stereocenters. The summed E-state index contributed by atoms with van der Waals surface area (Å²) in [5.74, 6) is -1.38. The monoisotopic (exact) mass is 389 g/mol. The van der Waals surface area contributed by atoms with Crippen LogP contribution in [0.25, 0.3) is 0 Å². The van der Waals surface area contributed by atoms with Crippen molar-refractivity contribution >= 4 is 27.4 Å². The number of carbonyl (C=O) groups is 2. The number of aliphatic carboxylic acids is 1. The minimum Gasteiger partial charge on any atom is -0.481 e. The van der Waals surface area contributed by atoms with Crippen molar-refractivity contribution in [2.45, 2.75) is 37.5 Å². The van der Waals surface area contributed by atoms with E-state index in [1.54, 1.807) is 50.2 Å². The van der Waals surface area contributed by atoms with Gasteiger partial charge in [-0.15, -0.1) is 0 Å².